The maximum Gasteiger partial charge on any atom is 0.224 e. The lowest BCUT2D eigenvalue weighted by Gasteiger charge is -2.28. The monoisotopic (exact) mass is 350 g/mol. The first kappa shape index (κ1) is 17.0. The van der Waals surface area contributed by atoms with Crippen molar-refractivity contribution in [2.75, 3.05) is 6.54 Å². The largest absolute Gasteiger partial charge is 0.352 e. The van der Waals surface area contributed by atoms with Gasteiger partial charge in [-0.2, -0.15) is 5.10 Å². The number of aromatic amines is 1. The molecule has 2 aromatic rings. The van der Waals surface area contributed by atoms with E-state index in [9.17, 15) is 4.79 Å². The van der Waals surface area contributed by atoms with Crippen LogP contribution in [0.15, 0.2) is 43.0 Å². The van der Waals surface area contributed by atoms with Crippen LogP contribution in [-0.2, 0) is 17.6 Å². The number of carbonyl (C=O) groups excluding carboxylic acids is 1. The Kier molecular flexibility index (Phi) is 4.87. The van der Waals surface area contributed by atoms with Gasteiger partial charge in [-0.05, 0) is 43.1 Å². The molecule has 2 fully saturated rings. The van der Waals surface area contributed by atoms with Crippen molar-refractivity contribution in [2.24, 2.45) is 17.8 Å². The van der Waals surface area contributed by atoms with Crippen LogP contribution < -0.4 is 5.32 Å². The minimum absolute atomic E-state index is 0.00599. The summed E-state index contributed by atoms with van der Waals surface area (Å²) in [6, 6.07) is 10.4. The van der Waals surface area contributed by atoms with Gasteiger partial charge >= 0.3 is 0 Å². The summed E-state index contributed by atoms with van der Waals surface area (Å²) in [5.41, 5.74) is 1.30. The van der Waals surface area contributed by atoms with E-state index < -0.39 is 0 Å². The van der Waals surface area contributed by atoms with Crippen LogP contribution in [0, 0.1) is 17.8 Å². The van der Waals surface area contributed by atoms with Gasteiger partial charge in [0.05, 0.1) is 5.92 Å². The zero-order valence-corrected chi connectivity index (χ0v) is 15.0. The molecule has 1 aromatic heterocycles. The molecule has 1 aromatic carbocycles. The number of aromatic nitrogens is 3. The first-order valence-electron chi connectivity index (χ1n) is 9.60. The summed E-state index contributed by atoms with van der Waals surface area (Å²) in [5, 5.41) is 10.6. The number of nitrogens with one attached hydrogen (secondary N) is 2. The van der Waals surface area contributed by atoms with E-state index in [0.29, 0.717) is 18.4 Å². The number of aryl methyl sites for hydroxylation is 2. The molecular formula is C21H26N4O. The van der Waals surface area contributed by atoms with E-state index in [1.165, 1.54) is 12.0 Å². The van der Waals surface area contributed by atoms with Crippen LogP contribution in [0.25, 0.3) is 0 Å². The fraction of sp³-hybridized carbons (Fsp3) is 0.476. The quantitative estimate of drug-likeness (QED) is 0.754. The second kappa shape index (κ2) is 7.44. The van der Waals surface area contributed by atoms with Crippen molar-refractivity contribution in [2.45, 2.75) is 38.0 Å². The highest BCUT2D eigenvalue weighted by atomic mass is 16.1. The number of hydrogen-bond acceptors (Lipinski definition) is 3. The third-order valence-electron chi connectivity index (χ3n) is 5.98. The average molecular weight is 350 g/mol. The molecule has 2 bridgehead atoms. The Morgan fingerprint density at radius 3 is 2.85 bits per heavy atom. The van der Waals surface area contributed by atoms with Crippen LogP contribution in [0.4, 0.5) is 0 Å². The predicted molar refractivity (Wildman–Crippen MR) is 101 cm³/mol. The fourth-order valence-electron chi connectivity index (χ4n) is 4.81. The Morgan fingerprint density at radius 2 is 2.04 bits per heavy atom. The molecule has 4 atom stereocenters. The molecule has 2 aliphatic rings. The third kappa shape index (κ3) is 3.30. The van der Waals surface area contributed by atoms with Crippen molar-refractivity contribution in [1.29, 1.82) is 0 Å². The molecule has 1 heterocycles. The Bertz CT molecular complexity index is 769. The highest BCUT2D eigenvalue weighted by Gasteiger charge is 2.52. The lowest BCUT2D eigenvalue weighted by Crippen LogP contribution is -2.37. The summed E-state index contributed by atoms with van der Waals surface area (Å²) >= 11 is 0. The van der Waals surface area contributed by atoms with E-state index >= 15 is 0 Å². The van der Waals surface area contributed by atoms with E-state index in [4.69, 9.17) is 4.98 Å². The number of rotatable bonds is 7. The van der Waals surface area contributed by atoms with Gasteiger partial charge in [-0.1, -0.05) is 36.4 Å². The summed E-state index contributed by atoms with van der Waals surface area (Å²) < 4.78 is 0. The number of fused-ring (bicyclic) bond motifs is 2. The molecule has 0 unspecified atom stereocenters. The van der Waals surface area contributed by atoms with Crippen LogP contribution >= 0.6 is 0 Å². The SMILES string of the molecule is C=CCNC(=O)[C@H]1[C@@H]2CC[C@@H](C2)[C@H]1c1n[nH]c(CCc2ccccc2)n1. The molecule has 0 aliphatic heterocycles. The summed E-state index contributed by atoms with van der Waals surface area (Å²) in [6.07, 6.45) is 6.98. The van der Waals surface area contributed by atoms with Gasteiger partial charge < -0.3 is 5.32 Å². The average Bonchev–Trinajstić information content (AvgIpc) is 3.40. The highest BCUT2D eigenvalue weighted by Crippen LogP contribution is 2.56. The van der Waals surface area contributed by atoms with Crippen molar-refractivity contribution in [3.05, 3.63) is 60.2 Å². The summed E-state index contributed by atoms with van der Waals surface area (Å²) in [7, 11) is 0. The van der Waals surface area contributed by atoms with Crippen LogP contribution in [0.5, 0.6) is 0 Å². The van der Waals surface area contributed by atoms with Gasteiger partial charge in [0.1, 0.15) is 5.82 Å². The second-order valence-corrected chi connectivity index (χ2v) is 7.54. The zero-order valence-electron chi connectivity index (χ0n) is 15.0. The first-order valence-corrected chi connectivity index (χ1v) is 9.60. The molecule has 0 radical (unpaired) electrons. The van der Waals surface area contributed by atoms with Crippen molar-refractivity contribution in [1.82, 2.24) is 20.5 Å². The Morgan fingerprint density at radius 1 is 1.23 bits per heavy atom. The maximum atomic E-state index is 12.7. The molecule has 2 saturated carbocycles. The topological polar surface area (TPSA) is 70.7 Å². The number of carbonyl (C=O) groups is 1. The predicted octanol–water partition coefficient (Wildman–Crippen LogP) is 3.02. The van der Waals surface area contributed by atoms with E-state index in [2.05, 4.69) is 46.4 Å². The van der Waals surface area contributed by atoms with Crippen molar-refractivity contribution in [3.8, 4) is 0 Å². The second-order valence-electron chi connectivity index (χ2n) is 7.54. The van der Waals surface area contributed by atoms with Crippen molar-refractivity contribution < 1.29 is 4.79 Å². The summed E-state index contributed by atoms with van der Waals surface area (Å²) in [5.74, 6) is 3.05. The lowest BCUT2D eigenvalue weighted by atomic mass is 9.78. The zero-order chi connectivity index (χ0) is 17.9. The minimum atomic E-state index is 0.00599. The molecule has 5 nitrogen and oxygen atoms in total. The standard InChI is InChI=1S/C21H26N4O/c1-2-12-22-21(26)19-16-10-9-15(13-16)18(19)20-23-17(24-25-20)11-8-14-6-4-3-5-7-14/h2-7,15-16,18-19H,1,8-13H2,(H,22,26)(H,23,24,25)/t15-,16+,18+,19-/m0/s1. The van der Waals surface area contributed by atoms with E-state index in [0.717, 1.165) is 37.3 Å². The number of benzene rings is 1. The van der Waals surface area contributed by atoms with Crippen LogP contribution in [0.3, 0.4) is 0 Å². The summed E-state index contributed by atoms with van der Waals surface area (Å²) in [4.78, 5) is 17.4. The third-order valence-corrected chi connectivity index (χ3v) is 5.98. The molecule has 2 N–H and O–H groups in total. The van der Waals surface area contributed by atoms with Crippen LogP contribution in [-0.4, -0.2) is 27.6 Å². The van der Waals surface area contributed by atoms with E-state index in [1.54, 1.807) is 6.08 Å². The Balaban J connectivity index is 1.46. The molecule has 136 valence electrons. The van der Waals surface area contributed by atoms with Crippen molar-refractivity contribution >= 4 is 5.91 Å². The van der Waals surface area contributed by atoms with E-state index in [-0.39, 0.29) is 17.7 Å². The van der Waals surface area contributed by atoms with E-state index in [1.807, 2.05) is 6.07 Å². The van der Waals surface area contributed by atoms with Gasteiger partial charge in [0.15, 0.2) is 5.82 Å². The highest BCUT2D eigenvalue weighted by molar-refractivity contribution is 5.80. The molecule has 0 spiro atoms. The number of hydrogen-bond donors (Lipinski definition) is 2. The van der Waals surface area contributed by atoms with Crippen LogP contribution in [0.2, 0.25) is 0 Å². The minimum Gasteiger partial charge on any atom is -0.352 e. The fourth-order valence-corrected chi connectivity index (χ4v) is 4.81. The van der Waals surface area contributed by atoms with Gasteiger partial charge in [0.25, 0.3) is 0 Å². The maximum absolute atomic E-state index is 12.7. The molecule has 26 heavy (non-hydrogen) atoms. The summed E-state index contributed by atoms with van der Waals surface area (Å²) in [6.45, 7) is 4.21. The lowest BCUT2D eigenvalue weighted by molar-refractivity contribution is -0.127. The smallest absolute Gasteiger partial charge is 0.224 e. The van der Waals surface area contributed by atoms with Gasteiger partial charge in [-0.15, -0.1) is 6.58 Å². The molecule has 0 saturated heterocycles. The Hall–Kier alpha value is -2.43. The number of amides is 1. The van der Waals surface area contributed by atoms with Gasteiger partial charge in [-0.3, -0.25) is 9.89 Å². The van der Waals surface area contributed by atoms with Gasteiger partial charge in [-0.25, -0.2) is 4.98 Å². The Labute approximate surface area is 154 Å². The van der Waals surface area contributed by atoms with Gasteiger partial charge in [0, 0.05) is 18.9 Å². The number of nitrogens with zero attached hydrogens (tertiary/aromatic N) is 2. The van der Waals surface area contributed by atoms with Crippen molar-refractivity contribution in [3.63, 3.8) is 0 Å². The molecular weight excluding hydrogens is 324 g/mol. The first-order chi connectivity index (χ1) is 12.8. The molecule has 1 amide bonds. The van der Waals surface area contributed by atoms with Gasteiger partial charge in [0.2, 0.25) is 5.91 Å². The molecule has 5 heteroatoms. The molecule has 2 aliphatic carbocycles. The normalized spacial score (nSPS) is 26.8. The molecule has 4 rings (SSSR count). The number of H-pyrrole nitrogens is 1. The van der Waals surface area contributed by atoms with Crippen LogP contribution in [0.1, 0.15) is 42.4 Å².